The van der Waals surface area contributed by atoms with Gasteiger partial charge in [-0.05, 0) is 48.8 Å². The Labute approximate surface area is 147 Å². The van der Waals surface area contributed by atoms with Gasteiger partial charge in [0.15, 0.2) is 0 Å². The van der Waals surface area contributed by atoms with Crippen LogP contribution in [0.15, 0.2) is 24.3 Å². The van der Waals surface area contributed by atoms with E-state index in [-0.39, 0.29) is 24.2 Å². The van der Waals surface area contributed by atoms with Gasteiger partial charge in [0.1, 0.15) is 0 Å². The number of nitrogens with two attached hydrogens (primary N) is 1. The molecule has 3 nitrogen and oxygen atoms in total. The van der Waals surface area contributed by atoms with Crippen LogP contribution in [0.3, 0.4) is 0 Å². The standard InChI is InChI=1S/C19H30N2O.ClH/c1-13(2)17-5-7-18(8-6-17)14(3)9-19(22)21-12-16(11-20)10-15(21)4;/h5-8,13-16H,9-12,20H2,1-4H3;1H. The number of carbonyl (C=O) groups excluding carboxylic acids is 1. The summed E-state index contributed by atoms with van der Waals surface area (Å²) in [7, 11) is 0. The van der Waals surface area contributed by atoms with Crippen LogP contribution in [0, 0.1) is 5.92 Å². The number of benzene rings is 1. The first-order chi connectivity index (χ1) is 10.4. The predicted octanol–water partition coefficient (Wildman–Crippen LogP) is 3.92. The predicted molar refractivity (Wildman–Crippen MR) is 99.1 cm³/mol. The van der Waals surface area contributed by atoms with Crippen LogP contribution in [0.5, 0.6) is 0 Å². The zero-order chi connectivity index (χ0) is 16.3. The highest BCUT2D eigenvalue weighted by atomic mass is 35.5. The fraction of sp³-hybridized carbons (Fsp3) is 0.632. The molecular formula is C19H31ClN2O. The van der Waals surface area contributed by atoms with Crippen molar-refractivity contribution in [3.63, 3.8) is 0 Å². The average Bonchev–Trinajstić information content (AvgIpc) is 2.88. The van der Waals surface area contributed by atoms with E-state index in [0.29, 0.717) is 30.8 Å². The highest BCUT2D eigenvalue weighted by molar-refractivity contribution is 5.85. The Morgan fingerprint density at radius 1 is 1.22 bits per heavy atom. The Hall–Kier alpha value is -1.06. The molecule has 3 unspecified atom stereocenters. The van der Waals surface area contributed by atoms with Crippen molar-refractivity contribution >= 4 is 18.3 Å². The van der Waals surface area contributed by atoms with Crippen molar-refractivity contribution in [2.75, 3.05) is 13.1 Å². The summed E-state index contributed by atoms with van der Waals surface area (Å²) in [4.78, 5) is 14.6. The van der Waals surface area contributed by atoms with Crippen LogP contribution < -0.4 is 5.73 Å². The highest BCUT2D eigenvalue weighted by Crippen LogP contribution is 2.27. The van der Waals surface area contributed by atoms with Gasteiger partial charge in [-0.25, -0.2) is 0 Å². The number of hydrogen-bond acceptors (Lipinski definition) is 2. The molecule has 3 atom stereocenters. The van der Waals surface area contributed by atoms with Crippen molar-refractivity contribution in [3.8, 4) is 0 Å². The van der Waals surface area contributed by atoms with Crippen molar-refractivity contribution in [2.24, 2.45) is 11.7 Å². The summed E-state index contributed by atoms with van der Waals surface area (Å²) < 4.78 is 0. The average molecular weight is 339 g/mol. The maximum absolute atomic E-state index is 12.6. The fourth-order valence-corrected chi connectivity index (χ4v) is 3.37. The van der Waals surface area contributed by atoms with Gasteiger partial charge in [-0.3, -0.25) is 4.79 Å². The summed E-state index contributed by atoms with van der Waals surface area (Å²) in [6, 6.07) is 9.04. The molecule has 0 radical (unpaired) electrons. The van der Waals surface area contributed by atoms with Crippen molar-refractivity contribution in [1.29, 1.82) is 0 Å². The summed E-state index contributed by atoms with van der Waals surface area (Å²) in [6.45, 7) is 10.2. The van der Waals surface area contributed by atoms with Gasteiger partial charge in [-0.2, -0.15) is 0 Å². The maximum atomic E-state index is 12.6. The molecule has 0 spiro atoms. The molecule has 4 heteroatoms. The van der Waals surface area contributed by atoms with Crippen molar-refractivity contribution in [2.45, 2.75) is 58.4 Å². The minimum Gasteiger partial charge on any atom is -0.340 e. The van der Waals surface area contributed by atoms with Crippen LogP contribution in [-0.4, -0.2) is 29.9 Å². The third-order valence-electron chi connectivity index (χ3n) is 4.97. The van der Waals surface area contributed by atoms with Gasteiger partial charge in [0.2, 0.25) is 5.91 Å². The summed E-state index contributed by atoms with van der Waals surface area (Å²) in [5.74, 6) is 1.55. The Balaban J connectivity index is 0.00000264. The Kier molecular flexibility index (Phi) is 7.56. The molecule has 1 heterocycles. The number of rotatable bonds is 5. The van der Waals surface area contributed by atoms with E-state index in [1.54, 1.807) is 0 Å². The molecule has 1 aliphatic rings. The molecule has 0 aromatic heterocycles. The van der Waals surface area contributed by atoms with Gasteiger partial charge in [0.05, 0.1) is 0 Å². The first-order valence-electron chi connectivity index (χ1n) is 8.51. The smallest absolute Gasteiger partial charge is 0.223 e. The van der Waals surface area contributed by atoms with Crippen molar-refractivity contribution < 1.29 is 4.79 Å². The molecule has 130 valence electrons. The maximum Gasteiger partial charge on any atom is 0.223 e. The van der Waals surface area contributed by atoms with Crippen LogP contribution in [0.25, 0.3) is 0 Å². The number of halogens is 1. The zero-order valence-electron chi connectivity index (χ0n) is 14.8. The quantitative estimate of drug-likeness (QED) is 0.884. The zero-order valence-corrected chi connectivity index (χ0v) is 15.6. The van der Waals surface area contributed by atoms with E-state index in [1.807, 2.05) is 4.90 Å². The Morgan fingerprint density at radius 2 is 1.78 bits per heavy atom. The fourth-order valence-electron chi connectivity index (χ4n) is 3.37. The lowest BCUT2D eigenvalue weighted by molar-refractivity contribution is -0.132. The first-order valence-corrected chi connectivity index (χ1v) is 8.51. The third-order valence-corrected chi connectivity index (χ3v) is 4.97. The molecule has 1 amide bonds. The minimum atomic E-state index is 0. The lowest BCUT2D eigenvalue weighted by Crippen LogP contribution is -2.35. The molecule has 23 heavy (non-hydrogen) atoms. The number of likely N-dealkylation sites (tertiary alicyclic amines) is 1. The summed E-state index contributed by atoms with van der Waals surface area (Å²) >= 11 is 0. The largest absolute Gasteiger partial charge is 0.340 e. The molecule has 1 aromatic carbocycles. The van der Waals surface area contributed by atoms with E-state index in [9.17, 15) is 4.79 Å². The molecule has 1 fully saturated rings. The second-order valence-electron chi connectivity index (χ2n) is 7.16. The Bertz CT molecular complexity index is 501. The lowest BCUT2D eigenvalue weighted by atomic mass is 9.94. The van der Waals surface area contributed by atoms with E-state index in [4.69, 9.17) is 5.73 Å². The molecule has 0 saturated carbocycles. The van der Waals surface area contributed by atoms with E-state index in [2.05, 4.69) is 52.0 Å². The van der Waals surface area contributed by atoms with E-state index in [0.717, 1.165) is 13.0 Å². The third kappa shape index (κ3) is 4.95. The molecule has 2 rings (SSSR count). The topological polar surface area (TPSA) is 46.3 Å². The number of hydrogen-bond donors (Lipinski definition) is 1. The summed E-state index contributed by atoms with van der Waals surface area (Å²) in [5, 5.41) is 0. The molecular weight excluding hydrogens is 308 g/mol. The summed E-state index contributed by atoms with van der Waals surface area (Å²) in [5.41, 5.74) is 8.35. The second-order valence-corrected chi connectivity index (χ2v) is 7.16. The summed E-state index contributed by atoms with van der Waals surface area (Å²) in [6.07, 6.45) is 1.63. The van der Waals surface area contributed by atoms with E-state index >= 15 is 0 Å². The highest BCUT2D eigenvalue weighted by Gasteiger charge is 2.31. The first kappa shape index (κ1) is 20.0. The SMILES string of the molecule is CC(C)c1ccc(C(C)CC(=O)N2CC(CN)CC2C)cc1.Cl. The number of carbonyl (C=O) groups is 1. The van der Waals surface area contributed by atoms with E-state index < -0.39 is 0 Å². The molecule has 0 aliphatic carbocycles. The van der Waals surface area contributed by atoms with Crippen molar-refractivity contribution in [3.05, 3.63) is 35.4 Å². The Morgan fingerprint density at radius 3 is 2.26 bits per heavy atom. The number of nitrogens with zero attached hydrogens (tertiary/aromatic N) is 1. The van der Waals surface area contributed by atoms with Gasteiger partial charge in [0.25, 0.3) is 0 Å². The molecule has 1 saturated heterocycles. The molecule has 2 N–H and O–H groups in total. The van der Waals surface area contributed by atoms with Gasteiger partial charge in [0, 0.05) is 19.0 Å². The van der Waals surface area contributed by atoms with E-state index in [1.165, 1.54) is 11.1 Å². The minimum absolute atomic E-state index is 0. The van der Waals surface area contributed by atoms with Crippen LogP contribution >= 0.6 is 12.4 Å². The van der Waals surface area contributed by atoms with Gasteiger partial charge in [-0.15, -0.1) is 12.4 Å². The van der Waals surface area contributed by atoms with Crippen molar-refractivity contribution in [1.82, 2.24) is 4.90 Å². The monoisotopic (exact) mass is 338 g/mol. The molecule has 0 bridgehead atoms. The normalized spacial score (nSPS) is 22.1. The molecule has 1 aliphatic heterocycles. The van der Waals surface area contributed by atoms with Crippen LogP contribution in [0.2, 0.25) is 0 Å². The second kappa shape index (κ2) is 8.70. The van der Waals surface area contributed by atoms with Crippen LogP contribution in [0.4, 0.5) is 0 Å². The molecule has 1 aromatic rings. The van der Waals surface area contributed by atoms with Crippen LogP contribution in [-0.2, 0) is 4.79 Å². The van der Waals surface area contributed by atoms with Crippen LogP contribution in [0.1, 0.15) is 63.5 Å². The van der Waals surface area contributed by atoms with Gasteiger partial charge in [-0.1, -0.05) is 45.0 Å². The lowest BCUT2D eigenvalue weighted by Gasteiger charge is -2.23. The number of amides is 1. The van der Waals surface area contributed by atoms with Gasteiger partial charge >= 0.3 is 0 Å². The van der Waals surface area contributed by atoms with Gasteiger partial charge < -0.3 is 10.6 Å².